The molecule has 142 valence electrons. The van der Waals surface area contributed by atoms with Crippen LogP contribution >= 0.6 is 11.3 Å². The Morgan fingerprint density at radius 1 is 1.14 bits per heavy atom. The lowest BCUT2D eigenvalue weighted by molar-refractivity contribution is -0.117. The largest absolute Gasteiger partial charge is 0.348 e. The zero-order chi connectivity index (χ0) is 19.9. The molecule has 0 atom stereocenters. The zero-order valence-corrected chi connectivity index (χ0v) is 16.6. The van der Waals surface area contributed by atoms with E-state index in [1.807, 2.05) is 66.9 Å². The van der Waals surface area contributed by atoms with E-state index in [0.717, 1.165) is 16.8 Å². The fraction of sp³-hybridized carbons (Fsp3) is 0.136. The van der Waals surface area contributed by atoms with Crippen molar-refractivity contribution in [3.05, 3.63) is 82.9 Å². The van der Waals surface area contributed by atoms with E-state index >= 15 is 0 Å². The number of anilines is 2. The Morgan fingerprint density at radius 2 is 1.93 bits per heavy atom. The number of carbonyl (C=O) groups excluding carboxylic acids is 2. The second kappa shape index (κ2) is 9.10. The van der Waals surface area contributed by atoms with Crippen molar-refractivity contribution in [3.8, 4) is 0 Å². The second-order valence-corrected chi connectivity index (χ2v) is 7.12. The van der Waals surface area contributed by atoms with E-state index in [0.29, 0.717) is 17.4 Å². The van der Waals surface area contributed by atoms with Gasteiger partial charge in [-0.15, -0.1) is 11.3 Å². The minimum atomic E-state index is -0.192. The smallest absolute Gasteiger partial charge is 0.244 e. The lowest BCUT2D eigenvalue weighted by atomic mass is 10.1. The minimum absolute atomic E-state index is 0.119. The molecule has 1 N–H and O–H groups in total. The molecule has 1 aromatic heterocycles. The van der Waals surface area contributed by atoms with E-state index in [1.165, 1.54) is 24.3 Å². The van der Waals surface area contributed by atoms with Crippen LogP contribution in [-0.2, 0) is 16.1 Å². The summed E-state index contributed by atoms with van der Waals surface area (Å²) in [4.78, 5) is 30.2. The van der Waals surface area contributed by atoms with Crippen LogP contribution in [0.4, 0.5) is 10.8 Å². The van der Waals surface area contributed by atoms with Gasteiger partial charge in [-0.1, -0.05) is 48.0 Å². The predicted octanol–water partition coefficient (Wildman–Crippen LogP) is 4.47. The number of nitrogens with zero attached hydrogens (tertiary/aromatic N) is 2. The van der Waals surface area contributed by atoms with Crippen LogP contribution in [-0.4, -0.2) is 16.8 Å². The Kier molecular flexibility index (Phi) is 6.34. The van der Waals surface area contributed by atoms with Crippen molar-refractivity contribution in [2.24, 2.45) is 0 Å². The molecule has 0 saturated heterocycles. The van der Waals surface area contributed by atoms with Gasteiger partial charge in [-0.05, 0) is 30.7 Å². The number of para-hydroxylation sites is 1. The molecule has 0 aliphatic rings. The summed E-state index contributed by atoms with van der Waals surface area (Å²) in [6, 6.07) is 17.4. The fourth-order valence-corrected chi connectivity index (χ4v) is 3.55. The molecular weight excluding hydrogens is 370 g/mol. The Bertz CT molecular complexity index is 996. The van der Waals surface area contributed by atoms with Gasteiger partial charge in [0.15, 0.2) is 5.13 Å². The monoisotopic (exact) mass is 391 g/mol. The van der Waals surface area contributed by atoms with Gasteiger partial charge in [-0.2, -0.15) is 0 Å². The molecule has 2 amide bonds. The highest BCUT2D eigenvalue weighted by molar-refractivity contribution is 7.14. The fourth-order valence-electron chi connectivity index (χ4n) is 2.69. The molecular formula is C22H21N3O2S. The molecule has 0 fully saturated rings. The average molecular weight is 391 g/mol. The van der Waals surface area contributed by atoms with E-state index in [1.54, 1.807) is 11.0 Å². The first-order valence-corrected chi connectivity index (χ1v) is 9.73. The molecule has 0 bridgehead atoms. The van der Waals surface area contributed by atoms with E-state index in [-0.39, 0.29) is 11.8 Å². The molecule has 2 aromatic carbocycles. The van der Waals surface area contributed by atoms with E-state index in [4.69, 9.17) is 0 Å². The normalized spacial score (nSPS) is 10.8. The molecule has 1 heterocycles. The summed E-state index contributed by atoms with van der Waals surface area (Å²) in [7, 11) is 0. The second-order valence-electron chi connectivity index (χ2n) is 6.29. The summed E-state index contributed by atoms with van der Waals surface area (Å²) < 4.78 is 0. The van der Waals surface area contributed by atoms with Crippen LogP contribution in [0.15, 0.2) is 66.1 Å². The van der Waals surface area contributed by atoms with E-state index in [2.05, 4.69) is 10.3 Å². The van der Waals surface area contributed by atoms with Gasteiger partial charge in [0.2, 0.25) is 11.8 Å². The molecule has 28 heavy (non-hydrogen) atoms. The number of aromatic nitrogens is 1. The number of hydrogen-bond acceptors (Lipinski definition) is 4. The highest BCUT2D eigenvalue weighted by Crippen LogP contribution is 2.28. The molecule has 0 aliphatic heterocycles. The summed E-state index contributed by atoms with van der Waals surface area (Å²) in [5.41, 5.74) is 3.60. The number of hydrogen-bond donors (Lipinski definition) is 1. The van der Waals surface area contributed by atoms with Crippen LogP contribution in [0, 0.1) is 6.92 Å². The van der Waals surface area contributed by atoms with Crippen molar-refractivity contribution < 1.29 is 9.59 Å². The Balaban J connectivity index is 1.64. The number of amides is 2. The number of nitrogens with one attached hydrogen (secondary N) is 1. The molecule has 6 heteroatoms. The molecule has 0 unspecified atom stereocenters. The van der Waals surface area contributed by atoms with Crippen molar-refractivity contribution in [3.63, 3.8) is 0 Å². The quantitative estimate of drug-likeness (QED) is 0.631. The lowest BCUT2D eigenvalue weighted by Gasteiger charge is -2.17. The molecule has 3 aromatic rings. The van der Waals surface area contributed by atoms with Crippen molar-refractivity contribution >= 4 is 40.0 Å². The van der Waals surface area contributed by atoms with Gasteiger partial charge in [-0.3, -0.25) is 14.5 Å². The third kappa shape index (κ3) is 5.14. The maximum Gasteiger partial charge on any atom is 0.244 e. The number of thiazole rings is 1. The van der Waals surface area contributed by atoms with Crippen molar-refractivity contribution in [1.82, 2.24) is 10.3 Å². The molecule has 5 nitrogen and oxygen atoms in total. The van der Waals surface area contributed by atoms with Crippen LogP contribution in [0.1, 0.15) is 23.7 Å². The maximum atomic E-state index is 12.1. The van der Waals surface area contributed by atoms with Gasteiger partial charge in [0.1, 0.15) is 0 Å². The number of aryl methyl sites for hydroxylation is 1. The van der Waals surface area contributed by atoms with Crippen LogP contribution in [0.25, 0.3) is 6.08 Å². The molecule has 0 saturated carbocycles. The SMILES string of the molecule is CC(=O)N(c1ccccc1)c1nc(/C=C/C(=O)NCc2cccc(C)c2)cs1. The van der Waals surface area contributed by atoms with Crippen LogP contribution < -0.4 is 10.2 Å². The van der Waals surface area contributed by atoms with Gasteiger partial charge in [0.05, 0.1) is 11.4 Å². The minimum Gasteiger partial charge on any atom is -0.348 e. The van der Waals surface area contributed by atoms with E-state index in [9.17, 15) is 9.59 Å². The van der Waals surface area contributed by atoms with Crippen LogP contribution in [0.3, 0.4) is 0 Å². The predicted molar refractivity (Wildman–Crippen MR) is 113 cm³/mol. The number of carbonyl (C=O) groups is 2. The third-order valence-corrected chi connectivity index (χ3v) is 4.83. The first-order chi connectivity index (χ1) is 13.5. The summed E-state index contributed by atoms with van der Waals surface area (Å²) in [5.74, 6) is -0.311. The molecule has 0 spiro atoms. The summed E-state index contributed by atoms with van der Waals surface area (Å²) in [6.45, 7) is 3.99. The van der Waals surface area contributed by atoms with Gasteiger partial charge < -0.3 is 5.32 Å². The number of benzene rings is 2. The third-order valence-electron chi connectivity index (χ3n) is 3.99. The highest BCUT2D eigenvalue weighted by Gasteiger charge is 2.17. The van der Waals surface area contributed by atoms with Gasteiger partial charge in [-0.25, -0.2) is 4.98 Å². The molecule has 3 rings (SSSR count). The standard InChI is InChI=1S/C22H21N3O2S/c1-16-7-6-8-18(13-16)14-23-21(27)12-11-19-15-28-22(24-19)25(17(2)26)20-9-4-3-5-10-20/h3-13,15H,14H2,1-2H3,(H,23,27)/b12-11+. The van der Waals surface area contributed by atoms with Crippen LogP contribution in [0.2, 0.25) is 0 Å². The Morgan fingerprint density at radius 3 is 2.64 bits per heavy atom. The van der Waals surface area contributed by atoms with Gasteiger partial charge in [0, 0.05) is 24.9 Å². The van der Waals surface area contributed by atoms with Crippen molar-refractivity contribution in [2.45, 2.75) is 20.4 Å². The van der Waals surface area contributed by atoms with Crippen LogP contribution in [0.5, 0.6) is 0 Å². The Hall–Kier alpha value is -3.25. The topological polar surface area (TPSA) is 62.3 Å². The molecule has 0 aliphatic carbocycles. The highest BCUT2D eigenvalue weighted by atomic mass is 32.1. The lowest BCUT2D eigenvalue weighted by Crippen LogP contribution is -2.22. The summed E-state index contributed by atoms with van der Waals surface area (Å²) in [6.07, 6.45) is 3.10. The number of rotatable bonds is 6. The van der Waals surface area contributed by atoms with Gasteiger partial charge in [0.25, 0.3) is 0 Å². The average Bonchev–Trinajstić information content (AvgIpc) is 3.14. The van der Waals surface area contributed by atoms with Gasteiger partial charge >= 0.3 is 0 Å². The van der Waals surface area contributed by atoms with E-state index < -0.39 is 0 Å². The summed E-state index contributed by atoms with van der Waals surface area (Å²) in [5, 5.41) is 5.24. The summed E-state index contributed by atoms with van der Waals surface area (Å²) >= 11 is 1.36. The zero-order valence-electron chi connectivity index (χ0n) is 15.8. The molecule has 0 radical (unpaired) electrons. The first kappa shape index (κ1) is 19.5. The Labute approximate surface area is 168 Å². The van der Waals surface area contributed by atoms with Crippen molar-refractivity contribution in [2.75, 3.05) is 4.90 Å². The first-order valence-electron chi connectivity index (χ1n) is 8.85. The maximum absolute atomic E-state index is 12.1. The van der Waals surface area contributed by atoms with Crippen molar-refractivity contribution in [1.29, 1.82) is 0 Å².